The topological polar surface area (TPSA) is 227 Å². The lowest BCUT2D eigenvalue weighted by molar-refractivity contribution is -0.391. The number of hydrogen-bond donors (Lipinski definition) is 8. The summed E-state index contributed by atoms with van der Waals surface area (Å²) in [4.78, 5) is 24.3. The molecule has 0 unspecified atom stereocenters. The van der Waals surface area contributed by atoms with Gasteiger partial charge < -0.3 is 55.1 Å². The molecule has 2 amide bonds. The monoisotopic (exact) mass is 441 g/mol. The molecular formula is C16H27NO13. The average Bonchev–Trinajstić information content (AvgIpc) is 2.69. The Morgan fingerprint density at radius 2 is 1.50 bits per heavy atom. The first-order valence-corrected chi connectivity index (χ1v) is 9.03. The van der Waals surface area contributed by atoms with Gasteiger partial charge in [0.25, 0.3) is 0 Å². The fraction of sp³-hybridized carbons (Fsp3) is 0.875. The van der Waals surface area contributed by atoms with E-state index in [1.165, 1.54) is 0 Å². The van der Waals surface area contributed by atoms with Crippen LogP contribution in [0.5, 0.6) is 0 Å². The zero-order valence-electron chi connectivity index (χ0n) is 16.2. The molecule has 0 bridgehead atoms. The number of rotatable bonds is 5. The van der Waals surface area contributed by atoms with E-state index in [0.29, 0.717) is 4.90 Å². The molecule has 2 rings (SSSR count). The van der Waals surface area contributed by atoms with Crippen molar-refractivity contribution in [2.45, 2.75) is 74.9 Å². The van der Waals surface area contributed by atoms with Crippen molar-refractivity contribution in [3.05, 3.63) is 0 Å². The van der Waals surface area contributed by atoms with Crippen molar-refractivity contribution in [2.24, 2.45) is 0 Å². The van der Waals surface area contributed by atoms with Gasteiger partial charge in [0.05, 0.1) is 13.2 Å². The molecule has 0 radical (unpaired) electrons. The van der Waals surface area contributed by atoms with Gasteiger partial charge in [0, 0.05) is 13.8 Å². The standard InChI is InChI=1S/C16H27NO13/c1-5(20)17(6(2)21)16(4-19)13(26)9(23)11(25)15(30-16)29-12-7(3-18)28-14(27)10(24)8(12)22/h7-15,18-19,22-27H,3-4H2,1-2H3/t7-,8-,9-,10-,11-,12-,13-,14-,15+,16-/m1/s1. The Hall–Kier alpha value is -1.30. The van der Waals surface area contributed by atoms with E-state index in [1.54, 1.807) is 0 Å². The van der Waals surface area contributed by atoms with E-state index in [-0.39, 0.29) is 0 Å². The van der Waals surface area contributed by atoms with Gasteiger partial charge in [-0.25, -0.2) is 4.90 Å². The van der Waals surface area contributed by atoms with Gasteiger partial charge in [-0.2, -0.15) is 0 Å². The Morgan fingerprint density at radius 3 is 1.97 bits per heavy atom. The number of amides is 2. The minimum Gasteiger partial charge on any atom is -0.394 e. The number of carbonyl (C=O) groups excluding carboxylic acids is 2. The van der Waals surface area contributed by atoms with Crippen LogP contribution in [0.2, 0.25) is 0 Å². The third kappa shape index (κ3) is 4.21. The predicted molar refractivity (Wildman–Crippen MR) is 90.8 cm³/mol. The minimum atomic E-state index is -2.56. The second kappa shape index (κ2) is 9.46. The summed E-state index contributed by atoms with van der Waals surface area (Å²) in [5.41, 5.74) is -2.56. The van der Waals surface area contributed by atoms with Crippen molar-refractivity contribution in [1.29, 1.82) is 0 Å². The Kier molecular flexibility index (Phi) is 7.87. The molecule has 10 atom stereocenters. The summed E-state index contributed by atoms with van der Waals surface area (Å²) >= 11 is 0. The minimum absolute atomic E-state index is 0.332. The van der Waals surface area contributed by atoms with Crippen LogP contribution in [-0.4, -0.2) is 132 Å². The lowest BCUT2D eigenvalue weighted by Crippen LogP contribution is -2.74. The summed E-state index contributed by atoms with van der Waals surface area (Å²) in [5.74, 6) is -1.93. The van der Waals surface area contributed by atoms with E-state index < -0.39 is 86.1 Å². The van der Waals surface area contributed by atoms with E-state index in [0.717, 1.165) is 13.8 Å². The zero-order valence-corrected chi connectivity index (χ0v) is 16.2. The van der Waals surface area contributed by atoms with Crippen LogP contribution in [0, 0.1) is 0 Å². The van der Waals surface area contributed by atoms with Crippen LogP contribution in [0.4, 0.5) is 0 Å². The Bertz CT molecular complexity index is 618. The van der Waals surface area contributed by atoms with Crippen molar-refractivity contribution in [1.82, 2.24) is 4.90 Å². The molecule has 2 aliphatic heterocycles. The fourth-order valence-electron chi connectivity index (χ4n) is 3.59. The maximum absolute atomic E-state index is 12.0. The Morgan fingerprint density at radius 1 is 0.933 bits per heavy atom. The molecule has 0 saturated carbocycles. The van der Waals surface area contributed by atoms with E-state index in [1.807, 2.05) is 0 Å². The number of hydrogen-bond acceptors (Lipinski definition) is 13. The van der Waals surface area contributed by atoms with Crippen molar-refractivity contribution < 1.29 is 64.7 Å². The molecular weight excluding hydrogens is 414 g/mol. The second-order valence-electron chi connectivity index (χ2n) is 7.12. The maximum atomic E-state index is 12.0. The highest BCUT2D eigenvalue weighted by molar-refractivity contribution is 5.93. The largest absolute Gasteiger partial charge is 0.394 e. The molecule has 8 N–H and O–H groups in total. The Balaban J connectivity index is 2.40. The van der Waals surface area contributed by atoms with Crippen molar-refractivity contribution >= 4 is 11.8 Å². The Labute approximate surface area is 170 Å². The highest BCUT2D eigenvalue weighted by Crippen LogP contribution is 2.36. The molecule has 0 spiro atoms. The van der Waals surface area contributed by atoms with Crippen molar-refractivity contribution in [2.75, 3.05) is 13.2 Å². The van der Waals surface area contributed by atoms with E-state index >= 15 is 0 Å². The van der Waals surface area contributed by atoms with E-state index in [4.69, 9.17) is 14.2 Å². The maximum Gasteiger partial charge on any atom is 0.228 e. The lowest BCUT2D eigenvalue weighted by Gasteiger charge is -2.52. The van der Waals surface area contributed by atoms with Crippen LogP contribution in [0.1, 0.15) is 13.8 Å². The van der Waals surface area contributed by atoms with Gasteiger partial charge in [-0.15, -0.1) is 0 Å². The van der Waals surface area contributed by atoms with Gasteiger partial charge in [-0.1, -0.05) is 0 Å². The number of carbonyl (C=O) groups is 2. The molecule has 0 aliphatic carbocycles. The number of aliphatic hydroxyl groups is 8. The third-order valence-corrected chi connectivity index (χ3v) is 5.10. The van der Waals surface area contributed by atoms with Gasteiger partial charge in [-0.3, -0.25) is 9.59 Å². The fourth-order valence-corrected chi connectivity index (χ4v) is 3.59. The van der Waals surface area contributed by atoms with Crippen molar-refractivity contribution in [3.63, 3.8) is 0 Å². The summed E-state index contributed by atoms with van der Waals surface area (Å²) in [6.07, 6.45) is -16.9. The van der Waals surface area contributed by atoms with Crippen LogP contribution in [0.15, 0.2) is 0 Å². The molecule has 2 heterocycles. The highest BCUT2D eigenvalue weighted by Gasteiger charge is 2.60. The quantitative estimate of drug-likeness (QED) is 0.199. The number of imide groups is 1. The molecule has 0 aromatic heterocycles. The van der Waals surface area contributed by atoms with Gasteiger partial charge in [0.2, 0.25) is 17.5 Å². The molecule has 174 valence electrons. The van der Waals surface area contributed by atoms with Crippen LogP contribution in [0.3, 0.4) is 0 Å². The molecule has 30 heavy (non-hydrogen) atoms. The van der Waals surface area contributed by atoms with E-state index in [2.05, 4.69) is 0 Å². The first kappa shape index (κ1) is 25.0. The molecule has 2 aliphatic rings. The zero-order chi connectivity index (χ0) is 23.0. The summed E-state index contributed by atoms with van der Waals surface area (Å²) in [6, 6.07) is 0. The van der Waals surface area contributed by atoms with Crippen molar-refractivity contribution in [3.8, 4) is 0 Å². The second-order valence-corrected chi connectivity index (χ2v) is 7.12. The summed E-state index contributed by atoms with van der Waals surface area (Å²) < 4.78 is 15.6. The molecule has 14 nitrogen and oxygen atoms in total. The third-order valence-electron chi connectivity index (χ3n) is 5.10. The van der Waals surface area contributed by atoms with Gasteiger partial charge in [0.1, 0.15) is 42.7 Å². The van der Waals surface area contributed by atoms with Crippen LogP contribution in [0.25, 0.3) is 0 Å². The summed E-state index contributed by atoms with van der Waals surface area (Å²) in [6.45, 7) is -0.149. The number of nitrogens with zero attached hydrogens (tertiary/aromatic N) is 1. The molecule has 14 heteroatoms. The summed E-state index contributed by atoms with van der Waals surface area (Å²) in [5, 5.41) is 79.7. The summed E-state index contributed by atoms with van der Waals surface area (Å²) in [7, 11) is 0. The first-order valence-electron chi connectivity index (χ1n) is 9.03. The van der Waals surface area contributed by atoms with Gasteiger partial charge in [-0.05, 0) is 0 Å². The van der Waals surface area contributed by atoms with Crippen LogP contribution < -0.4 is 0 Å². The molecule has 0 aromatic rings. The number of ether oxygens (including phenoxy) is 3. The lowest BCUT2D eigenvalue weighted by atomic mass is 9.91. The van der Waals surface area contributed by atoms with Gasteiger partial charge >= 0.3 is 0 Å². The molecule has 2 fully saturated rings. The highest BCUT2D eigenvalue weighted by atomic mass is 16.7. The predicted octanol–water partition coefficient (Wildman–Crippen LogP) is -5.67. The number of aliphatic hydroxyl groups excluding tert-OH is 8. The van der Waals surface area contributed by atoms with Crippen LogP contribution in [-0.2, 0) is 23.8 Å². The van der Waals surface area contributed by atoms with Gasteiger partial charge in [0.15, 0.2) is 12.6 Å². The smallest absolute Gasteiger partial charge is 0.228 e. The van der Waals surface area contributed by atoms with E-state index in [9.17, 15) is 50.4 Å². The SMILES string of the molecule is CC(=O)N(C(C)=O)[C@]1(CO)O[C@H](O[C@H]2[C@H](O)[C@@H](O)[C@H](O)O[C@@H]2CO)[C@H](O)[C@@H](O)[C@H]1O. The average molecular weight is 441 g/mol. The normalized spacial score (nSPS) is 44.5. The first-order chi connectivity index (χ1) is 13.9. The van der Waals surface area contributed by atoms with Crippen LogP contribution >= 0.6 is 0 Å². The molecule has 2 saturated heterocycles. The molecule has 0 aromatic carbocycles.